The number of anilines is 12. The summed E-state index contributed by atoms with van der Waals surface area (Å²) in [6.07, 6.45) is 1.08. The number of ether oxygens (including phenoxy) is 1. The number of hydrogen-bond acceptors (Lipinski definition) is 5. The van der Waals surface area contributed by atoms with Crippen molar-refractivity contribution in [3.05, 3.63) is 169 Å². The first kappa shape index (κ1) is 30.4. The number of hydrogen-bond donors (Lipinski definition) is 0. The van der Waals surface area contributed by atoms with Crippen LogP contribution in [0, 0.1) is 6.92 Å². The van der Waals surface area contributed by atoms with Gasteiger partial charge in [-0.1, -0.05) is 86.6 Å². The zero-order valence-electron chi connectivity index (χ0n) is 29.5. The molecule has 0 spiro atoms. The smallest absolute Gasteiger partial charge is 0.153 e. The van der Waals surface area contributed by atoms with E-state index in [-0.39, 0.29) is 0 Å². The average Bonchev–Trinajstić information content (AvgIpc) is 3.20. The average molecular weight is 675 g/mol. The number of nitrogens with zero attached hydrogens (tertiary/aromatic N) is 4. The molecule has 1 unspecified atom stereocenters. The molecule has 3 heterocycles. The molecule has 5 nitrogen and oxygen atoms in total. The molecule has 7 aromatic rings. The van der Waals surface area contributed by atoms with Gasteiger partial charge in [-0.05, 0) is 115 Å². The maximum atomic E-state index is 6.49. The summed E-state index contributed by atoms with van der Waals surface area (Å²) in [6, 6.07) is 56.7. The molecule has 7 aromatic carbocycles. The van der Waals surface area contributed by atoms with Crippen molar-refractivity contribution in [3.63, 3.8) is 0 Å². The van der Waals surface area contributed by atoms with Gasteiger partial charge < -0.3 is 19.4 Å². The summed E-state index contributed by atoms with van der Waals surface area (Å²) >= 11 is 0. The molecule has 0 bridgehead atoms. The Morgan fingerprint density at radius 2 is 0.865 bits per heavy atom. The Kier molecular flexibility index (Phi) is 6.90. The summed E-state index contributed by atoms with van der Waals surface area (Å²) in [5.41, 5.74) is 16.2. The lowest BCUT2D eigenvalue weighted by Gasteiger charge is -2.43. The molecule has 3 aliphatic rings. The van der Waals surface area contributed by atoms with E-state index in [1.165, 1.54) is 28.2 Å². The van der Waals surface area contributed by atoms with Crippen molar-refractivity contribution in [1.29, 1.82) is 0 Å². The van der Waals surface area contributed by atoms with Gasteiger partial charge in [0.2, 0.25) is 0 Å². The van der Waals surface area contributed by atoms with Gasteiger partial charge in [-0.15, -0.1) is 0 Å². The molecule has 10 rings (SSSR count). The number of rotatable bonds is 5. The SMILES string of the molecule is CCC(C)c1ccccc1N1c2ccccc2N(c2ccc(N3c4ccccc4N4c5ccccc5Oc5cccc3c54)cc2)c2cccc(C)c21. The van der Waals surface area contributed by atoms with Gasteiger partial charge in [0.05, 0.1) is 45.5 Å². The Balaban J connectivity index is 1.11. The van der Waals surface area contributed by atoms with Gasteiger partial charge in [-0.2, -0.15) is 0 Å². The fourth-order valence-electron chi connectivity index (χ4n) is 8.28. The highest BCUT2D eigenvalue weighted by atomic mass is 16.5. The molecule has 0 amide bonds. The van der Waals surface area contributed by atoms with Gasteiger partial charge in [-0.3, -0.25) is 4.90 Å². The van der Waals surface area contributed by atoms with E-state index < -0.39 is 0 Å². The van der Waals surface area contributed by atoms with Crippen LogP contribution < -0.4 is 24.3 Å². The van der Waals surface area contributed by atoms with Gasteiger partial charge in [-0.25, -0.2) is 0 Å². The first-order chi connectivity index (χ1) is 25.6. The minimum Gasteiger partial charge on any atom is -0.453 e. The van der Waals surface area contributed by atoms with Crippen LogP contribution >= 0.6 is 0 Å². The van der Waals surface area contributed by atoms with Crippen LogP contribution in [0.5, 0.6) is 11.5 Å². The van der Waals surface area contributed by atoms with E-state index in [0.29, 0.717) is 5.92 Å². The minimum atomic E-state index is 0.435. The summed E-state index contributed by atoms with van der Waals surface area (Å²) in [5, 5.41) is 0. The van der Waals surface area contributed by atoms with Gasteiger partial charge in [0.25, 0.3) is 0 Å². The van der Waals surface area contributed by atoms with Crippen molar-refractivity contribution in [3.8, 4) is 11.5 Å². The molecule has 0 radical (unpaired) electrons. The molecule has 0 aliphatic carbocycles. The predicted molar refractivity (Wildman–Crippen MR) is 216 cm³/mol. The lowest BCUT2D eigenvalue weighted by Crippen LogP contribution is -2.26. The van der Waals surface area contributed by atoms with Crippen molar-refractivity contribution in [2.24, 2.45) is 0 Å². The highest BCUT2D eigenvalue weighted by molar-refractivity contribution is 6.06. The lowest BCUT2D eigenvalue weighted by molar-refractivity contribution is 0.477. The summed E-state index contributed by atoms with van der Waals surface area (Å²) in [7, 11) is 0. The summed E-state index contributed by atoms with van der Waals surface area (Å²) in [5.74, 6) is 2.15. The van der Waals surface area contributed by atoms with Crippen LogP contribution in [0.15, 0.2) is 158 Å². The Hall–Kier alpha value is -6.46. The number of aryl methyl sites for hydroxylation is 1. The molecule has 5 heteroatoms. The third-order valence-corrected chi connectivity index (χ3v) is 10.9. The highest BCUT2D eigenvalue weighted by Gasteiger charge is 2.37. The monoisotopic (exact) mass is 674 g/mol. The second-order valence-corrected chi connectivity index (χ2v) is 13.8. The number of fused-ring (bicyclic) bond motifs is 6. The van der Waals surface area contributed by atoms with Crippen LogP contribution in [0.3, 0.4) is 0 Å². The largest absolute Gasteiger partial charge is 0.453 e. The van der Waals surface area contributed by atoms with Crippen molar-refractivity contribution in [2.75, 3.05) is 19.6 Å². The quantitative estimate of drug-likeness (QED) is 0.181. The molecule has 252 valence electrons. The van der Waals surface area contributed by atoms with Crippen LogP contribution in [0.4, 0.5) is 68.2 Å². The van der Waals surface area contributed by atoms with Crippen LogP contribution in [0.25, 0.3) is 0 Å². The van der Waals surface area contributed by atoms with E-state index in [1.807, 2.05) is 12.1 Å². The molecular formula is C47H38N4O. The second kappa shape index (κ2) is 11.8. The highest BCUT2D eigenvalue weighted by Crippen LogP contribution is 2.62. The molecule has 1 atom stereocenters. The first-order valence-corrected chi connectivity index (χ1v) is 18.2. The fourth-order valence-corrected chi connectivity index (χ4v) is 8.28. The van der Waals surface area contributed by atoms with Gasteiger partial charge in [0.15, 0.2) is 11.5 Å². The number of benzene rings is 7. The van der Waals surface area contributed by atoms with E-state index in [1.54, 1.807) is 0 Å². The lowest BCUT2D eigenvalue weighted by atomic mass is 9.94. The van der Waals surface area contributed by atoms with E-state index in [4.69, 9.17) is 4.74 Å². The standard InChI is InChI=1S/C47H38N4O/c1-4-31(2)35-16-5-6-17-36(35)50-39-20-9-7-18-37(39)48(42-23-13-15-32(3)46(42)50)33-27-29-34(30-28-33)49-38-19-8-10-21-40(38)51-41-22-11-12-25-44(41)52-45-26-14-24-43(49)47(45)51/h5-31H,4H2,1-3H3. The van der Waals surface area contributed by atoms with Gasteiger partial charge >= 0.3 is 0 Å². The summed E-state index contributed by atoms with van der Waals surface area (Å²) in [6.45, 7) is 6.83. The van der Waals surface area contributed by atoms with Crippen molar-refractivity contribution in [1.82, 2.24) is 0 Å². The Bertz CT molecular complexity index is 2510. The third-order valence-electron chi connectivity index (χ3n) is 10.9. The molecular weight excluding hydrogens is 637 g/mol. The maximum Gasteiger partial charge on any atom is 0.153 e. The fraction of sp³-hybridized carbons (Fsp3) is 0.106. The Labute approximate surface area is 305 Å². The topological polar surface area (TPSA) is 22.2 Å². The van der Waals surface area contributed by atoms with Gasteiger partial charge in [0, 0.05) is 17.1 Å². The molecule has 0 saturated carbocycles. The van der Waals surface area contributed by atoms with E-state index in [2.05, 4.69) is 186 Å². The van der Waals surface area contributed by atoms with Crippen LogP contribution in [0.2, 0.25) is 0 Å². The van der Waals surface area contributed by atoms with Crippen LogP contribution in [-0.4, -0.2) is 0 Å². The molecule has 0 N–H and O–H groups in total. The molecule has 0 saturated heterocycles. The number of para-hydroxylation sites is 9. The Morgan fingerprint density at radius 1 is 0.423 bits per heavy atom. The molecule has 3 aliphatic heterocycles. The van der Waals surface area contributed by atoms with Crippen molar-refractivity contribution in [2.45, 2.75) is 33.1 Å². The first-order valence-electron chi connectivity index (χ1n) is 18.2. The van der Waals surface area contributed by atoms with Crippen molar-refractivity contribution >= 4 is 68.2 Å². The van der Waals surface area contributed by atoms with E-state index >= 15 is 0 Å². The minimum absolute atomic E-state index is 0.435. The van der Waals surface area contributed by atoms with Crippen LogP contribution in [0.1, 0.15) is 37.3 Å². The normalized spacial score (nSPS) is 14.1. The van der Waals surface area contributed by atoms with E-state index in [9.17, 15) is 0 Å². The van der Waals surface area contributed by atoms with E-state index in [0.717, 1.165) is 69.1 Å². The Morgan fingerprint density at radius 3 is 1.48 bits per heavy atom. The molecule has 0 fully saturated rings. The second-order valence-electron chi connectivity index (χ2n) is 13.8. The van der Waals surface area contributed by atoms with Crippen molar-refractivity contribution < 1.29 is 4.74 Å². The zero-order valence-corrected chi connectivity index (χ0v) is 29.5. The van der Waals surface area contributed by atoms with Gasteiger partial charge in [0.1, 0.15) is 5.69 Å². The third kappa shape index (κ3) is 4.42. The zero-order chi connectivity index (χ0) is 34.9. The predicted octanol–water partition coefficient (Wildman–Crippen LogP) is 14.1. The summed E-state index contributed by atoms with van der Waals surface area (Å²) < 4.78 is 6.49. The van der Waals surface area contributed by atoms with Crippen LogP contribution in [-0.2, 0) is 0 Å². The molecule has 52 heavy (non-hydrogen) atoms. The maximum absolute atomic E-state index is 6.49. The molecule has 0 aromatic heterocycles. The summed E-state index contributed by atoms with van der Waals surface area (Å²) in [4.78, 5) is 9.62.